The van der Waals surface area contributed by atoms with Gasteiger partial charge in [-0.05, 0) is 31.2 Å². The van der Waals surface area contributed by atoms with Crippen LogP contribution in [0.1, 0.15) is 21.5 Å². The van der Waals surface area contributed by atoms with E-state index >= 15 is 0 Å². The molecule has 2 rings (SSSR count). The Bertz CT molecular complexity index is 855. The molecule has 0 radical (unpaired) electrons. The van der Waals surface area contributed by atoms with E-state index in [-0.39, 0.29) is 12.5 Å². The van der Waals surface area contributed by atoms with Crippen molar-refractivity contribution in [2.75, 3.05) is 27.9 Å². The number of hydrogen-bond acceptors (Lipinski definition) is 6. The van der Waals surface area contributed by atoms with E-state index in [1.807, 2.05) is 13.0 Å². The van der Waals surface area contributed by atoms with Crippen molar-refractivity contribution in [2.45, 2.75) is 6.92 Å². The Balaban J connectivity index is 1.93. The molecule has 0 saturated heterocycles. The van der Waals surface area contributed by atoms with Crippen LogP contribution in [0.2, 0.25) is 0 Å². The van der Waals surface area contributed by atoms with Gasteiger partial charge >= 0.3 is 0 Å². The van der Waals surface area contributed by atoms with Crippen molar-refractivity contribution in [3.8, 4) is 17.2 Å². The number of nitrogens with zero attached hydrogens (tertiary/aromatic N) is 1. The summed E-state index contributed by atoms with van der Waals surface area (Å²) in [6.07, 6.45) is 1.44. The van der Waals surface area contributed by atoms with Crippen molar-refractivity contribution in [1.82, 2.24) is 10.7 Å². The maximum atomic E-state index is 12.0. The summed E-state index contributed by atoms with van der Waals surface area (Å²) in [4.78, 5) is 23.9. The van der Waals surface area contributed by atoms with Crippen LogP contribution in [0.25, 0.3) is 0 Å². The molecule has 0 atom stereocenters. The van der Waals surface area contributed by atoms with E-state index < -0.39 is 5.91 Å². The average molecular weight is 385 g/mol. The van der Waals surface area contributed by atoms with E-state index in [4.69, 9.17) is 14.2 Å². The zero-order valence-electron chi connectivity index (χ0n) is 16.2. The van der Waals surface area contributed by atoms with Gasteiger partial charge in [-0.25, -0.2) is 5.43 Å². The minimum atomic E-state index is -0.454. The molecule has 2 aromatic carbocycles. The van der Waals surface area contributed by atoms with Crippen molar-refractivity contribution in [3.05, 3.63) is 53.1 Å². The van der Waals surface area contributed by atoms with Crippen LogP contribution in [-0.4, -0.2) is 45.9 Å². The fourth-order valence-corrected chi connectivity index (χ4v) is 2.44. The Hall–Kier alpha value is -3.55. The molecule has 8 nitrogen and oxygen atoms in total. The summed E-state index contributed by atoms with van der Waals surface area (Å²) in [6, 6.07) is 10.5. The number of carbonyl (C=O) groups is 2. The van der Waals surface area contributed by atoms with Gasteiger partial charge in [-0.3, -0.25) is 9.59 Å². The lowest BCUT2D eigenvalue weighted by molar-refractivity contribution is -0.120. The van der Waals surface area contributed by atoms with Crippen molar-refractivity contribution in [2.24, 2.45) is 5.10 Å². The summed E-state index contributed by atoms with van der Waals surface area (Å²) in [7, 11) is 4.53. The Kier molecular flexibility index (Phi) is 7.38. The average Bonchev–Trinajstić information content (AvgIpc) is 2.71. The normalized spacial score (nSPS) is 10.4. The number of methoxy groups -OCH3 is 3. The summed E-state index contributed by atoms with van der Waals surface area (Å²) < 4.78 is 15.8. The van der Waals surface area contributed by atoms with Gasteiger partial charge in [0.2, 0.25) is 5.75 Å². The van der Waals surface area contributed by atoms with E-state index in [9.17, 15) is 9.59 Å². The van der Waals surface area contributed by atoms with Gasteiger partial charge in [0.25, 0.3) is 11.8 Å². The molecular formula is C20H23N3O5. The first kappa shape index (κ1) is 20.8. The van der Waals surface area contributed by atoms with E-state index in [0.29, 0.717) is 28.4 Å². The summed E-state index contributed by atoms with van der Waals surface area (Å²) in [6.45, 7) is 1.70. The first-order valence-corrected chi connectivity index (χ1v) is 8.45. The van der Waals surface area contributed by atoms with Crippen LogP contribution in [0.4, 0.5) is 0 Å². The van der Waals surface area contributed by atoms with Crippen LogP contribution < -0.4 is 25.0 Å². The number of carbonyl (C=O) groups excluding carboxylic acids is 2. The minimum Gasteiger partial charge on any atom is -0.493 e. The van der Waals surface area contributed by atoms with Gasteiger partial charge in [0, 0.05) is 11.1 Å². The van der Waals surface area contributed by atoms with Crippen molar-refractivity contribution < 1.29 is 23.8 Å². The summed E-state index contributed by atoms with van der Waals surface area (Å²) in [5.74, 6) is 0.627. The molecule has 2 amide bonds. The highest BCUT2D eigenvalue weighted by atomic mass is 16.5. The number of aryl methyl sites for hydroxylation is 1. The zero-order valence-corrected chi connectivity index (χ0v) is 16.2. The highest BCUT2D eigenvalue weighted by molar-refractivity contribution is 5.96. The standard InChI is InChI=1S/C20H23N3O5/c1-13-6-5-7-15(8-13)20(25)21-12-18(24)23-22-11-14-9-16(26-2)19(28-4)17(10-14)27-3/h5-11H,12H2,1-4H3,(H,21,25)(H,23,24). The first-order valence-electron chi connectivity index (χ1n) is 8.45. The topological polar surface area (TPSA) is 98.2 Å². The minimum absolute atomic E-state index is 0.195. The van der Waals surface area contributed by atoms with E-state index in [0.717, 1.165) is 5.56 Å². The van der Waals surface area contributed by atoms with Gasteiger partial charge in [0.15, 0.2) is 11.5 Å². The lowest BCUT2D eigenvalue weighted by Crippen LogP contribution is -2.34. The molecule has 0 bridgehead atoms. The molecule has 0 fully saturated rings. The quantitative estimate of drug-likeness (QED) is 0.534. The number of hydrazone groups is 1. The molecular weight excluding hydrogens is 362 g/mol. The molecule has 2 aromatic rings. The number of benzene rings is 2. The molecule has 0 heterocycles. The van der Waals surface area contributed by atoms with Crippen LogP contribution in [-0.2, 0) is 4.79 Å². The SMILES string of the molecule is COc1cc(C=NNC(=O)CNC(=O)c2cccc(C)c2)cc(OC)c1OC. The van der Waals surface area contributed by atoms with Crippen molar-refractivity contribution >= 4 is 18.0 Å². The van der Waals surface area contributed by atoms with E-state index in [2.05, 4.69) is 15.8 Å². The smallest absolute Gasteiger partial charge is 0.259 e. The number of hydrogen-bond donors (Lipinski definition) is 2. The predicted molar refractivity (Wildman–Crippen MR) is 105 cm³/mol. The third-order valence-electron chi connectivity index (χ3n) is 3.78. The first-order chi connectivity index (χ1) is 13.5. The van der Waals surface area contributed by atoms with E-state index in [1.54, 1.807) is 30.3 Å². The number of ether oxygens (including phenoxy) is 3. The maximum Gasteiger partial charge on any atom is 0.259 e. The van der Waals surface area contributed by atoms with Crippen LogP contribution >= 0.6 is 0 Å². The third kappa shape index (κ3) is 5.47. The van der Waals surface area contributed by atoms with Crippen LogP contribution in [0.5, 0.6) is 17.2 Å². The van der Waals surface area contributed by atoms with Crippen LogP contribution in [0.3, 0.4) is 0 Å². The van der Waals surface area contributed by atoms with Crippen molar-refractivity contribution in [1.29, 1.82) is 0 Å². The maximum absolute atomic E-state index is 12.0. The van der Waals surface area contributed by atoms with Gasteiger partial charge < -0.3 is 19.5 Å². The number of amides is 2. The zero-order chi connectivity index (χ0) is 20.5. The largest absolute Gasteiger partial charge is 0.493 e. The van der Waals surface area contributed by atoms with Crippen LogP contribution in [0, 0.1) is 6.92 Å². The molecule has 0 aliphatic rings. The summed E-state index contributed by atoms with van der Waals surface area (Å²) in [5, 5.41) is 6.43. The van der Waals surface area contributed by atoms with Gasteiger partial charge in [0.1, 0.15) is 0 Å². The fourth-order valence-electron chi connectivity index (χ4n) is 2.44. The summed E-state index contributed by atoms with van der Waals surface area (Å²) >= 11 is 0. The lowest BCUT2D eigenvalue weighted by atomic mass is 10.1. The second-order valence-corrected chi connectivity index (χ2v) is 5.80. The highest BCUT2D eigenvalue weighted by Crippen LogP contribution is 2.37. The van der Waals surface area contributed by atoms with Crippen molar-refractivity contribution in [3.63, 3.8) is 0 Å². The molecule has 0 aromatic heterocycles. The highest BCUT2D eigenvalue weighted by Gasteiger charge is 2.12. The fraction of sp³-hybridized carbons (Fsp3) is 0.250. The van der Waals surface area contributed by atoms with Gasteiger partial charge in [0.05, 0.1) is 34.1 Å². The molecule has 0 aliphatic carbocycles. The monoisotopic (exact) mass is 385 g/mol. The Labute approximate surface area is 163 Å². The Morgan fingerprint density at radius 3 is 2.29 bits per heavy atom. The second kappa shape index (κ2) is 9.96. The number of nitrogens with one attached hydrogen (secondary N) is 2. The number of rotatable bonds is 8. The lowest BCUT2D eigenvalue weighted by Gasteiger charge is -2.12. The Morgan fingerprint density at radius 1 is 1.04 bits per heavy atom. The molecule has 0 saturated carbocycles. The molecule has 8 heteroatoms. The Morgan fingerprint density at radius 2 is 1.71 bits per heavy atom. The molecule has 0 unspecified atom stereocenters. The molecule has 0 spiro atoms. The summed E-state index contributed by atoms with van der Waals surface area (Å²) in [5.41, 5.74) is 4.45. The van der Waals surface area contributed by atoms with Gasteiger partial charge in [-0.1, -0.05) is 17.7 Å². The molecule has 28 heavy (non-hydrogen) atoms. The second-order valence-electron chi connectivity index (χ2n) is 5.80. The predicted octanol–water partition coefficient (Wildman–Crippen LogP) is 1.90. The van der Waals surface area contributed by atoms with E-state index in [1.165, 1.54) is 27.5 Å². The molecule has 2 N–H and O–H groups in total. The van der Waals surface area contributed by atoms with Crippen LogP contribution in [0.15, 0.2) is 41.5 Å². The molecule has 148 valence electrons. The third-order valence-corrected chi connectivity index (χ3v) is 3.78. The van der Waals surface area contributed by atoms with Gasteiger partial charge in [-0.15, -0.1) is 0 Å². The molecule has 0 aliphatic heterocycles. The van der Waals surface area contributed by atoms with Gasteiger partial charge in [-0.2, -0.15) is 5.10 Å².